The van der Waals surface area contributed by atoms with Crippen molar-refractivity contribution in [1.29, 1.82) is 0 Å². The maximum Gasteiger partial charge on any atom is 0.228 e. The van der Waals surface area contributed by atoms with Gasteiger partial charge in [0, 0.05) is 10.8 Å². The molecule has 0 saturated carbocycles. The number of nitrogens with zero attached hydrogens (tertiary/aromatic N) is 1. The molecule has 0 aliphatic carbocycles. The lowest BCUT2D eigenvalue weighted by molar-refractivity contribution is 0.469. The maximum absolute atomic E-state index is 13.0. The molecule has 6 heteroatoms. The summed E-state index contributed by atoms with van der Waals surface area (Å²) < 4.78 is 31.9. The Kier molecular flexibility index (Phi) is 5.30. The van der Waals surface area contributed by atoms with Crippen LogP contribution < -0.4 is 0 Å². The quantitative estimate of drug-likeness (QED) is 0.565. The second-order valence-electron chi connectivity index (χ2n) is 5.63. The SMILES string of the molecule is CCC(C)Sc1oc(-c2ccccc2)nc1S(=O)(=O)c1ccccc1. The van der Waals surface area contributed by atoms with E-state index in [-0.39, 0.29) is 15.2 Å². The Balaban J connectivity index is 2.12. The first-order chi connectivity index (χ1) is 12.0. The minimum atomic E-state index is -3.74. The number of aromatic nitrogens is 1. The molecule has 1 atom stereocenters. The zero-order valence-electron chi connectivity index (χ0n) is 14.0. The monoisotopic (exact) mass is 373 g/mol. The van der Waals surface area contributed by atoms with Crippen molar-refractivity contribution < 1.29 is 12.8 Å². The fourth-order valence-electron chi connectivity index (χ4n) is 2.22. The highest BCUT2D eigenvalue weighted by atomic mass is 32.2. The predicted molar refractivity (Wildman–Crippen MR) is 99.4 cm³/mol. The van der Waals surface area contributed by atoms with Crippen LogP contribution in [-0.2, 0) is 9.84 Å². The molecule has 2 aromatic carbocycles. The summed E-state index contributed by atoms with van der Waals surface area (Å²) in [7, 11) is -3.74. The number of hydrogen-bond acceptors (Lipinski definition) is 5. The van der Waals surface area contributed by atoms with Gasteiger partial charge >= 0.3 is 0 Å². The molecule has 1 unspecified atom stereocenters. The van der Waals surface area contributed by atoms with Crippen LogP contribution in [0.5, 0.6) is 0 Å². The lowest BCUT2D eigenvalue weighted by Gasteiger charge is -2.07. The molecule has 3 rings (SSSR count). The molecule has 0 aliphatic rings. The van der Waals surface area contributed by atoms with E-state index in [9.17, 15) is 8.42 Å². The van der Waals surface area contributed by atoms with Crippen molar-refractivity contribution >= 4 is 21.6 Å². The summed E-state index contributed by atoms with van der Waals surface area (Å²) in [6.07, 6.45) is 0.900. The van der Waals surface area contributed by atoms with E-state index >= 15 is 0 Å². The normalized spacial score (nSPS) is 12.9. The smallest absolute Gasteiger partial charge is 0.228 e. The first kappa shape index (κ1) is 17.8. The number of rotatable bonds is 6. The van der Waals surface area contributed by atoms with Gasteiger partial charge in [-0.3, -0.25) is 0 Å². The van der Waals surface area contributed by atoms with Gasteiger partial charge in [-0.25, -0.2) is 8.42 Å². The van der Waals surface area contributed by atoms with E-state index in [1.807, 2.05) is 37.3 Å². The molecular weight excluding hydrogens is 354 g/mol. The van der Waals surface area contributed by atoms with Gasteiger partial charge in [-0.1, -0.05) is 62.0 Å². The molecule has 0 amide bonds. The topological polar surface area (TPSA) is 60.2 Å². The summed E-state index contributed by atoms with van der Waals surface area (Å²) in [6.45, 7) is 4.09. The fraction of sp³-hybridized carbons (Fsp3) is 0.211. The van der Waals surface area contributed by atoms with Gasteiger partial charge in [-0.05, 0) is 30.7 Å². The zero-order chi connectivity index (χ0) is 17.9. The van der Waals surface area contributed by atoms with Crippen LogP contribution in [0.1, 0.15) is 20.3 Å². The van der Waals surface area contributed by atoms with Gasteiger partial charge in [0.2, 0.25) is 25.8 Å². The fourth-order valence-corrected chi connectivity index (χ4v) is 4.70. The van der Waals surface area contributed by atoms with E-state index in [4.69, 9.17) is 4.42 Å². The summed E-state index contributed by atoms with van der Waals surface area (Å²) in [4.78, 5) is 4.56. The Morgan fingerprint density at radius 1 is 1.04 bits per heavy atom. The Hall–Kier alpha value is -2.05. The highest BCUT2D eigenvalue weighted by molar-refractivity contribution is 8.00. The van der Waals surface area contributed by atoms with Gasteiger partial charge in [0.05, 0.1) is 4.90 Å². The second-order valence-corrected chi connectivity index (χ2v) is 8.91. The van der Waals surface area contributed by atoms with Crippen molar-refractivity contribution in [1.82, 2.24) is 4.98 Å². The molecule has 3 aromatic rings. The lowest BCUT2D eigenvalue weighted by Crippen LogP contribution is -2.04. The molecule has 0 bridgehead atoms. The molecule has 0 N–H and O–H groups in total. The number of thioether (sulfide) groups is 1. The molecule has 1 aromatic heterocycles. The third-order valence-corrected chi connectivity index (χ3v) is 6.81. The zero-order valence-corrected chi connectivity index (χ0v) is 15.7. The molecule has 1 heterocycles. The summed E-state index contributed by atoms with van der Waals surface area (Å²) in [5, 5.41) is 0.557. The van der Waals surface area contributed by atoms with Crippen LogP contribution in [0.3, 0.4) is 0 Å². The molecule has 0 aliphatic heterocycles. The average Bonchev–Trinajstić information content (AvgIpc) is 3.07. The predicted octanol–water partition coefficient (Wildman–Crippen LogP) is 5.07. The number of sulfone groups is 1. The van der Waals surface area contributed by atoms with E-state index in [0.29, 0.717) is 11.0 Å². The van der Waals surface area contributed by atoms with Crippen LogP contribution >= 0.6 is 11.8 Å². The minimum Gasteiger partial charge on any atom is -0.428 e. The minimum absolute atomic E-state index is 0.0112. The van der Waals surface area contributed by atoms with Crippen LogP contribution in [-0.4, -0.2) is 18.7 Å². The summed E-state index contributed by atoms with van der Waals surface area (Å²) in [5.74, 6) is 0.320. The third-order valence-electron chi connectivity index (χ3n) is 3.78. The van der Waals surface area contributed by atoms with E-state index in [1.165, 1.54) is 11.8 Å². The lowest BCUT2D eigenvalue weighted by atomic mass is 10.2. The molecule has 0 fully saturated rings. The van der Waals surface area contributed by atoms with Crippen molar-refractivity contribution in [2.45, 2.75) is 40.5 Å². The summed E-state index contributed by atoms with van der Waals surface area (Å²) in [6, 6.07) is 17.7. The largest absolute Gasteiger partial charge is 0.428 e. The average molecular weight is 373 g/mol. The van der Waals surface area contributed by atoms with Gasteiger partial charge < -0.3 is 4.42 Å². The van der Waals surface area contributed by atoms with Crippen LogP contribution in [0.4, 0.5) is 0 Å². The molecule has 25 heavy (non-hydrogen) atoms. The molecule has 4 nitrogen and oxygen atoms in total. The first-order valence-corrected chi connectivity index (χ1v) is 10.4. The van der Waals surface area contributed by atoms with Crippen LogP contribution in [0.15, 0.2) is 80.1 Å². The summed E-state index contributed by atoms with van der Waals surface area (Å²) in [5.41, 5.74) is 0.753. The van der Waals surface area contributed by atoms with Gasteiger partial charge in [0.1, 0.15) is 0 Å². The van der Waals surface area contributed by atoms with Gasteiger partial charge in [-0.2, -0.15) is 4.98 Å². The van der Waals surface area contributed by atoms with E-state index in [0.717, 1.165) is 12.0 Å². The van der Waals surface area contributed by atoms with E-state index in [1.54, 1.807) is 30.3 Å². The Labute approximate surface area is 152 Å². The number of benzene rings is 2. The maximum atomic E-state index is 13.0. The Morgan fingerprint density at radius 3 is 2.24 bits per heavy atom. The molecule has 0 saturated heterocycles. The van der Waals surface area contributed by atoms with Gasteiger partial charge in [0.25, 0.3) is 0 Å². The van der Waals surface area contributed by atoms with Crippen molar-refractivity contribution in [3.63, 3.8) is 0 Å². The molecule has 0 spiro atoms. The van der Waals surface area contributed by atoms with E-state index in [2.05, 4.69) is 11.9 Å². The van der Waals surface area contributed by atoms with Gasteiger partial charge in [-0.15, -0.1) is 0 Å². The summed E-state index contributed by atoms with van der Waals surface area (Å²) >= 11 is 1.40. The molecule has 130 valence electrons. The molecule has 0 radical (unpaired) electrons. The number of hydrogen-bond donors (Lipinski definition) is 0. The highest BCUT2D eigenvalue weighted by Crippen LogP contribution is 2.37. The molecular formula is C19H19NO3S2. The van der Waals surface area contributed by atoms with Crippen LogP contribution in [0.25, 0.3) is 11.5 Å². The van der Waals surface area contributed by atoms with Crippen molar-refractivity contribution in [2.75, 3.05) is 0 Å². The highest BCUT2D eigenvalue weighted by Gasteiger charge is 2.29. The second kappa shape index (κ2) is 7.45. The third kappa shape index (κ3) is 3.80. The standard InChI is InChI=1S/C19H19NO3S2/c1-3-14(2)24-19-18(25(21,22)16-12-8-5-9-13-16)20-17(23-19)15-10-6-4-7-11-15/h4-14H,3H2,1-2H3. The van der Waals surface area contributed by atoms with Crippen LogP contribution in [0, 0.1) is 0 Å². The van der Waals surface area contributed by atoms with Crippen LogP contribution in [0.2, 0.25) is 0 Å². The van der Waals surface area contributed by atoms with Crippen molar-refractivity contribution in [3.8, 4) is 11.5 Å². The van der Waals surface area contributed by atoms with Crippen molar-refractivity contribution in [3.05, 3.63) is 60.7 Å². The Morgan fingerprint density at radius 2 is 1.64 bits per heavy atom. The van der Waals surface area contributed by atoms with Crippen molar-refractivity contribution in [2.24, 2.45) is 0 Å². The Bertz CT molecular complexity index is 935. The van der Waals surface area contributed by atoms with E-state index < -0.39 is 9.84 Å². The first-order valence-electron chi connectivity index (χ1n) is 8.05. The van der Waals surface area contributed by atoms with Gasteiger partial charge in [0.15, 0.2) is 0 Å². The number of oxazole rings is 1.